The number of hydrogen-bond acceptors (Lipinski definition) is 3. The van der Waals surface area contributed by atoms with Crippen LogP contribution >= 0.6 is 0 Å². The molecule has 0 N–H and O–H groups in total. The molecule has 0 bridgehead atoms. The van der Waals surface area contributed by atoms with Gasteiger partial charge >= 0.3 is 0 Å². The lowest BCUT2D eigenvalue weighted by Crippen LogP contribution is -1.92. The van der Waals surface area contributed by atoms with Crippen molar-refractivity contribution >= 4 is 11.0 Å². The third kappa shape index (κ3) is 1.70. The van der Waals surface area contributed by atoms with Gasteiger partial charge in [-0.15, -0.1) is 0 Å². The van der Waals surface area contributed by atoms with Gasteiger partial charge in [0, 0.05) is 17.1 Å². The van der Waals surface area contributed by atoms with Gasteiger partial charge in [-0.05, 0) is 18.2 Å². The molecule has 3 aromatic rings. The molecule has 0 saturated heterocycles. The zero-order valence-corrected chi connectivity index (χ0v) is 9.54. The minimum Gasteiger partial charge on any atom is -0.237 e. The van der Waals surface area contributed by atoms with Crippen molar-refractivity contribution in [3.8, 4) is 17.3 Å². The maximum Gasteiger partial charge on any atom is 0.159 e. The smallest absolute Gasteiger partial charge is 0.159 e. The fourth-order valence-corrected chi connectivity index (χ4v) is 1.91. The molecule has 0 fully saturated rings. The third-order valence-corrected chi connectivity index (χ3v) is 2.76. The van der Waals surface area contributed by atoms with E-state index in [4.69, 9.17) is 0 Å². The summed E-state index contributed by atoms with van der Waals surface area (Å²) in [6.07, 6.45) is 1.70. The quantitative estimate of drug-likeness (QED) is 0.646. The van der Waals surface area contributed by atoms with Crippen molar-refractivity contribution in [1.29, 1.82) is 5.26 Å². The van der Waals surface area contributed by atoms with Crippen LogP contribution in [-0.2, 0) is 0 Å². The highest BCUT2D eigenvalue weighted by Crippen LogP contribution is 2.23. The van der Waals surface area contributed by atoms with Gasteiger partial charge in [0.1, 0.15) is 6.07 Å². The Morgan fingerprint density at radius 2 is 1.83 bits per heavy atom. The summed E-state index contributed by atoms with van der Waals surface area (Å²) in [4.78, 5) is 8.70. The Balaban J connectivity index is 2.32. The summed E-state index contributed by atoms with van der Waals surface area (Å²) in [6.45, 7) is 0. The van der Waals surface area contributed by atoms with E-state index in [-0.39, 0.29) is 0 Å². The number of fused-ring (bicyclic) bond motifs is 1. The Bertz CT molecular complexity index is 743. The van der Waals surface area contributed by atoms with Crippen LogP contribution < -0.4 is 0 Å². The Labute approximate surface area is 104 Å². The molecule has 1 aromatic carbocycles. The predicted octanol–water partition coefficient (Wildman–Crippen LogP) is 3.17. The molecule has 3 nitrogen and oxygen atoms in total. The molecule has 0 radical (unpaired) electrons. The Morgan fingerprint density at radius 1 is 1.00 bits per heavy atom. The van der Waals surface area contributed by atoms with Crippen molar-refractivity contribution in [2.24, 2.45) is 0 Å². The van der Waals surface area contributed by atoms with Gasteiger partial charge in [-0.25, -0.2) is 9.97 Å². The number of rotatable bonds is 1. The average molecular weight is 231 g/mol. The van der Waals surface area contributed by atoms with Gasteiger partial charge in [0.2, 0.25) is 0 Å². The number of nitriles is 1. The standard InChI is InChI=1S/C15H9N3/c16-10-13-9-12-7-4-8-17-15(12)18-14(13)11-5-2-1-3-6-11/h1-9H. The maximum atomic E-state index is 9.23. The molecule has 0 aliphatic heterocycles. The lowest BCUT2D eigenvalue weighted by atomic mass is 10.1. The highest BCUT2D eigenvalue weighted by Gasteiger charge is 2.08. The summed E-state index contributed by atoms with van der Waals surface area (Å²) in [7, 11) is 0. The molecule has 0 unspecified atom stereocenters. The first-order valence-electron chi connectivity index (χ1n) is 5.60. The normalized spacial score (nSPS) is 10.2. The van der Waals surface area contributed by atoms with Crippen LogP contribution in [0.2, 0.25) is 0 Å². The first kappa shape index (κ1) is 10.4. The summed E-state index contributed by atoms with van der Waals surface area (Å²) in [5, 5.41) is 10.1. The van der Waals surface area contributed by atoms with Crippen molar-refractivity contribution in [2.75, 3.05) is 0 Å². The molecule has 0 aliphatic rings. The molecule has 0 saturated carbocycles. The summed E-state index contributed by atoms with van der Waals surface area (Å²) >= 11 is 0. The number of hydrogen-bond donors (Lipinski definition) is 0. The zero-order chi connectivity index (χ0) is 12.4. The topological polar surface area (TPSA) is 49.6 Å². The number of benzene rings is 1. The molecule has 3 rings (SSSR count). The summed E-state index contributed by atoms with van der Waals surface area (Å²) in [6, 6.07) is 17.5. The van der Waals surface area contributed by atoms with Crippen LogP contribution in [0.5, 0.6) is 0 Å². The molecule has 18 heavy (non-hydrogen) atoms. The molecule has 0 amide bonds. The van der Waals surface area contributed by atoms with Crippen LogP contribution in [0, 0.1) is 11.3 Å². The minimum atomic E-state index is 0.571. The van der Waals surface area contributed by atoms with E-state index in [0.717, 1.165) is 10.9 Å². The lowest BCUT2D eigenvalue weighted by Gasteiger charge is -2.04. The molecule has 84 valence electrons. The van der Waals surface area contributed by atoms with E-state index in [0.29, 0.717) is 16.9 Å². The molecular weight excluding hydrogens is 222 g/mol. The number of nitrogens with zero attached hydrogens (tertiary/aromatic N) is 3. The first-order chi connectivity index (χ1) is 8.88. The van der Waals surface area contributed by atoms with Crippen molar-refractivity contribution in [3.63, 3.8) is 0 Å². The number of pyridine rings is 2. The maximum absolute atomic E-state index is 9.23. The first-order valence-corrected chi connectivity index (χ1v) is 5.60. The SMILES string of the molecule is N#Cc1cc2cccnc2nc1-c1ccccc1. The van der Waals surface area contributed by atoms with Gasteiger partial charge < -0.3 is 0 Å². The molecule has 3 heteroatoms. The van der Waals surface area contributed by atoms with Crippen LogP contribution in [0.1, 0.15) is 5.56 Å². The zero-order valence-electron chi connectivity index (χ0n) is 9.54. The van der Waals surface area contributed by atoms with Gasteiger partial charge in [0.05, 0.1) is 11.3 Å². The highest BCUT2D eigenvalue weighted by atomic mass is 14.8. The van der Waals surface area contributed by atoms with E-state index >= 15 is 0 Å². The third-order valence-electron chi connectivity index (χ3n) is 2.76. The summed E-state index contributed by atoms with van der Waals surface area (Å²) < 4.78 is 0. The molecule has 0 atom stereocenters. The molecule has 0 aliphatic carbocycles. The molecule has 0 spiro atoms. The average Bonchev–Trinajstić information content (AvgIpc) is 2.46. The van der Waals surface area contributed by atoms with Gasteiger partial charge in [-0.2, -0.15) is 5.26 Å². The van der Waals surface area contributed by atoms with E-state index < -0.39 is 0 Å². The summed E-state index contributed by atoms with van der Waals surface area (Å²) in [5.41, 5.74) is 2.85. The van der Waals surface area contributed by atoms with Gasteiger partial charge in [-0.1, -0.05) is 30.3 Å². The van der Waals surface area contributed by atoms with E-state index in [1.165, 1.54) is 0 Å². The monoisotopic (exact) mass is 231 g/mol. The fourth-order valence-electron chi connectivity index (χ4n) is 1.91. The minimum absolute atomic E-state index is 0.571. The van der Waals surface area contributed by atoms with Gasteiger partial charge in [0.25, 0.3) is 0 Å². The second-order valence-corrected chi connectivity index (χ2v) is 3.91. The Hall–Kier alpha value is -2.73. The van der Waals surface area contributed by atoms with Crippen LogP contribution in [0.15, 0.2) is 54.7 Å². The molecule has 2 heterocycles. The second kappa shape index (κ2) is 4.27. The van der Waals surface area contributed by atoms with Gasteiger partial charge in [-0.3, -0.25) is 0 Å². The molecule has 2 aromatic heterocycles. The Morgan fingerprint density at radius 3 is 2.61 bits per heavy atom. The van der Waals surface area contributed by atoms with Crippen molar-refractivity contribution < 1.29 is 0 Å². The lowest BCUT2D eigenvalue weighted by molar-refractivity contribution is 1.27. The summed E-state index contributed by atoms with van der Waals surface area (Å²) in [5.74, 6) is 0. The van der Waals surface area contributed by atoms with Crippen molar-refractivity contribution in [2.45, 2.75) is 0 Å². The number of aromatic nitrogens is 2. The second-order valence-electron chi connectivity index (χ2n) is 3.91. The van der Waals surface area contributed by atoms with E-state index in [1.807, 2.05) is 48.5 Å². The van der Waals surface area contributed by atoms with Crippen LogP contribution in [0.4, 0.5) is 0 Å². The highest BCUT2D eigenvalue weighted by molar-refractivity contribution is 5.81. The van der Waals surface area contributed by atoms with E-state index in [1.54, 1.807) is 6.20 Å². The van der Waals surface area contributed by atoms with E-state index in [2.05, 4.69) is 16.0 Å². The Kier molecular flexibility index (Phi) is 2.47. The van der Waals surface area contributed by atoms with Crippen LogP contribution in [-0.4, -0.2) is 9.97 Å². The predicted molar refractivity (Wildman–Crippen MR) is 69.7 cm³/mol. The van der Waals surface area contributed by atoms with Gasteiger partial charge in [0.15, 0.2) is 5.65 Å². The van der Waals surface area contributed by atoms with E-state index in [9.17, 15) is 5.26 Å². The van der Waals surface area contributed by atoms with Crippen molar-refractivity contribution in [3.05, 3.63) is 60.3 Å². The fraction of sp³-hybridized carbons (Fsp3) is 0. The molecular formula is C15H9N3. The van der Waals surface area contributed by atoms with Crippen LogP contribution in [0.3, 0.4) is 0 Å². The van der Waals surface area contributed by atoms with Crippen molar-refractivity contribution in [1.82, 2.24) is 9.97 Å². The largest absolute Gasteiger partial charge is 0.237 e. The van der Waals surface area contributed by atoms with Crippen LogP contribution in [0.25, 0.3) is 22.3 Å².